The van der Waals surface area contributed by atoms with Crippen LogP contribution in [0.15, 0.2) is 16.7 Å². The van der Waals surface area contributed by atoms with E-state index in [1.54, 1.807) is 6.92 Å². The van der Waals surface area contributed by atoms with E-state index in [0.29, 0.717) is 4.47 Å². The van der Waals surface area contributed by atoms with E-state index < -0.39 is 11.8 Å². The summed E-state index contributed by atoms with van der Waals surface area (Å²) < 4.78 is 5.30. The van der Waals surface area contributed by atoms with Gasteiger partial charge in [0.25, 0.3) is 0 Å². The third-order valence-corrected chi connectivity index (χ3v) is 2.45. The van der Waals surface area contributed by atoms with Gasteiger partial charge in [-0.2, -0.15) is 0 Å². The Balaban J connectivity index is 2.80. The molecule has 0 N–H and O–H groups in total. The molecular weight excluding hydrogens is 297 g/mol. The Labute approximate surface area is 106 Å². The monoisotopic (exact) mass is 305 g/mol. The van der Waals surface area contributed by atoms with Crippen LogP contribution in [-0.2, 0) is 9.53 Å². The van der Waals surface area contributed by atoms with Gasteiger partial charge in [-0.15, -0.1) is 0 Å². The number of Topliss-reactive ketones (excluding diaryl/α,β-unsaturated/α-hetero) is 1. The summed E-state index contributed by atoms with van der Waals surface area (Å²) in [7, 11) is 0. The van der Waals surface area contributed by atoms with Crippen molar-refractivity contribution in [3.8, 4) is 0 Å². The van der Waals surface area contributed by atoms with E-state index in [2.05, 4.69) is 25.7 Å². The number of hydrogen-bond acceptors (Lipinski definition) is 4. The molecule has 0 aliphatic rings. The van der Waals surface area contributed by atoms with E-state index in [1.807, 2.05) is 0 Å². The number of esters is 1. The van der Waals surface area contributed by atoms with E-state index in [-0.39, 0.29) is 23.7 Å². The zero-order valence-electron chi connectivity index (χ0n) is 8.50. The molecule has 6 heteroatoms. The second-order valence-electron chi connectivity index (χ2n) is 2.90. The molecule has 1 aromatic heterocycles. The first kappa shape index (κ1) is 13.1. The lowest BCUT2D eigenvalue weighted by Gasteiger charge is -2.03. The maximum absolute atomic E-state index is 11.7. The summed E-state index contributed by atoms with van der Waals surface area (Å²) in [6, 6.07) is 1.52. The van der Waals surface area contributed by atoms with Gasteiger partial charge >= 0.3 is 5.97 Å². The Morgan fingerprint density at radius 2 is 2.25 bits per heavy atom. The standard InChI is InChI=1S/C10H9BrClNO3/c1-2-16-9(15)4-8(14)7-3-6(11)5-13-10(7)12/h3,5H,2,4H2,1H3. The van der Waals surface area contributed by atoms with E-state index >= 15 is 0 Å². The number of halogens is 2. The number of nitrogens with zero attached hydrogens (tertiary/aromatic N) is 1. The van der Waals surface area contributed by atoms with Crippen molar-refractivity contribution in [3.63, 3.8) is 0 Å². The molecule has 4 nitrogen and oxygen atoms in total. The van der Waals surface area contributed by atoms with Gasteiger partial charge in [0.15, 0.2) is 5.78 Å². The van der Waals surface area contributed by atoms with Gasteiger partial charge < -0.3 is 4.74 Å². The second kappa shape index (κ2) is 5.96. The van der Waals surface area contributed by atoms with Crippen LogP contribution < -0.4 is 0 Å². The zero-order valence-corrected chi connectivity index (χ0v) is 10.8. The van der Waals surface area contributed by atoms with Gasteiger partial charge in [-0.1, -0.05) is 11.6 Å². The van der Waals surface area contributed by atoms with Crippen LogP contribution in [0.25, 0.3) is 0 Å². The fourth-order valence-electron chi connectivity index (χ4n) is 1.06. The van der Waals surface area contributed by atoms with Gasteiger partial charge in [0.05, 0.1) is 12.2 Å². The third-order valence-electron chi connectivity index (χ3n) is 1.72. The van der Waals surface area contributed by atoms with E-state index in [0.717, 1.165) is 0 Å². The first-order valence-electron chi connectivity index (χ1n) is 4.54. The predicted molar refractivity (Wildman–Crippen MR) is 62.5 cm³/mol. The number of ether oxygens (including phenoxy) is 1. The Morgan fingerprint density at radius 1 is 1.56 bits per heavy atom. The topological polar surface area (TPSA) is 56.3 Å². The number of aromatic nitrogens is 1. The normalized spacial score (nSPS) is 9.94. The summed E-state index contributed by atoms with van der Waals surface area (Å²) in [5.74, 6) is -0.971. The molecule has 0 saturated carbocycles. The molecule has 0 amide bonds. The van der Waals surface area contributed by atoms with Crippen LogP contribution in [0.5, 0.6) is 0 Å². The first-order chi connectivity index (χ1) is 7.54. The van der Waals surface area contributed by atoms with Crippen LogP contribution in [0.2, 0.25) is 5.15 Å². The molecule has 1 heterocycles. The average Bonchev–Trinajstić information content (AvgIpc) is 2.21. The molecule has 0 fully saturated rings. The quantitative estimate of drug-likeness (QED) is 0.371. The first-order valence-corrected chi connectivity index (χ1v) is 5.71. The van der Waals surface area contributed by atoms with Crippen molar-refractivity contribution in [1.82, 2.24) is 4.98 Å². The van der Waals surface area contributed by atoms with Crippen molar-refractivity contribution >= 4 is 39.3 Å². The number of rotatable bonds is 4. The van der Waals surface area contributed by atoms with Crippen molar-refractivity contribution in [1.29, 1.82) is 0 Å². The molecule has 0 aliphatic heterocycles. The summed E-state index contributed by atoms with van der Waals surface area (Å²) in [4.78, 5) is 26.6. The van der Waals surface area contributed by atoms with Gasteiger partial charge in [-0.25, -0.2) is 4.98 Å². The van der Waals surface area contributed by atoms with Crippen LogP contribution in [0.1, 0.15) is 23.7 Å². The summed E-state index contributed by atoms with van der Waals surface area (Å²) in [5, 5.41) is 0.0810. The van der Waals surface area contributed by atoms with Crippen LogP contribution in [0.4, 0.5) is 0 Å². The molecule has 0 unspecified atom stereocenters. The SMILES string of the molecule is CCOC(=O)CC(=O)c1cc(Br)cnc1Cl. The molecule has 1 aromatic rings. The highest BCUT2D eigenvalue weighted by molar-refractivity contribution is 9.10. The van der Waals surface area contributed by atoms with Gasteiger partial charge in [-0.05, 0) is 28.9 Å². The Morgan fingerprint density at radius 3 is 2.88 bits per heavy atom. The number of hydrogen-bond donors (Lipinski definition) is 0. The van der Waals surface area contributed by atoms with E-state index in [9.17, 15) is 9.59 Å². The minimum absolute atomic E-state index is 0.0810. The lowest BCUT2D eigenvalue weighted by Crippen LogP contribution is -2.12. The maximum Gasteiger partial charge on any atom is 0.313 e. The Bertz CT molecular complexity index is 423. The largest absolute Gasteiger partial charge is 0.466 e. The lowest BCUT2D eigenvalue weighted by molar-refractivity contribution is -0.141. The van der Waals surface area contributed by atoms with Gasteiger partial charge in [0.1, 0.15) is 11.6 Å². The highest BCUT2D eigenvalue weighted by Crippen LogP contribution is 2.19. The minimum Gasteiger partial charge on any atom is -0.466 e. The van der Waals surface area contributed by atoms with E-state index in [4.69, 9.17) is 11.6 Å². The molecule has 0 spiro atoms. The molecular formula is C10H9BrClNO3. The molecule has 16 heavy (non-hydrogen) atoms. The summed E-state index contributed by atoms with van der Waals surface area (Å²) >= 11 is 8.92. The van der Waals surface area contributed by atoms with Gasteiger partial charge in [0, 0.05) is 10.7 Å². The van der Waals surface area contributed by atoms with Crippen LogP contribution in [0.3, 0.4) is 0 Å². The molecule has 0 aromatic carbocycles. The number of carbonyl (C=O) groups excluding carboxylic acids is 2. The second-order valence-corrected chi connectivity index (χ2v) is 4.17. The molecule has 0 atom stereocenters. The van der Waals surface area contributed by atoms with Crippen molar-refractivity contribution in [2.45, 2.75) is 13.3 Å². The summed E-state index contributed by atoms with van der Waals surface area (Å²) in [6.07, 6.45) is 1.15. The van der Waals surface area contributed by atoms with Crippen LogP contribution in [0, 0.1) is 0 Å². The Hall–Kier alpha value is -0.940. The zero-order chi connectivity index (χ0) is 12.1. The number of pyridine rings is 1. The molecule has 0 aliphatic carbocycles. The molecule has 0 radical (unpaired) electrons. The van der Waals surface area contributed by atoms with Gasteiger partial charge in [0.2, 0.25) is 0 Å². The lowest BCUT2D eigenvalue weighted by atomic mass is 10.1. The van der Waals surface area contributed by atoms with Crippen molar-refractivity contribution in [2.75, 3.05) is 6.61 Å². The number of ketones is 1. The Kier molecular flexibility index (Phi) is 4.89. The smallest absolute Gasteiger partial charge is 0.313 e. The van der Waals surface area contributed by atoms with Crippen molar-refractivity contribution in [3.05, 3.63) is 27.5 Å². The molecule has 1 rings (SSSR count). The van der Waals surface area contributed by atoms with Crippen LogP contribution >= 0.6 is 27.5 Å². The summed E-state index contributed by atoms with van der Waals surface area (Å²) in [6.45, 7) is 1.92. The fourth-order valence-corrected chi connectivity index (χ4v) is 1.60. The predicted octanol–water partition coefficient (Wildman–Crippen LogP) is 2.63. The fraction of sp³-hybridized carbons (Fsp3) is 0.300. The molecule has 0 saturated heterocycles. The minimum atomic E-state index is -0.566. The van der Waals surface area contributed by atoms with Crippen LogP contribution in [-0.4, -0.2) is 23.3 Å². The average molecular weight is 307 g/mol. The third kappa shape index (κ3) is 3.57. The highest BCUT2D eigenvalue weighted by atomic mass is 79.9. The molecule has 0 bridgehead atoms. The highest BCUT2D eigenvalue weighted by Gasteiger charge is 2.16. The van der Waals surface area contributed by atoms with Crippen molar-refractivity contribution in [2.24, 2.45) is 0 Å². The van der Waals surface area contributed by atoms with Gasteiger partial charge in [-0.3, -0.25) is 9.59 Å². The van der Waals surface area contributed by atoms with E-state index in [1.165, 1.54) is 12.3 Å². The van der Waals surface area contributed by atoms with Crippen molar-refractivity contribution < 1.29 is 14.3 Å². The number of carbonyl (C=O) groups is 2. The maximum atomic E-state index is 11.7. The molecule has 86 valence electrons. The summed E-state index contributed by atoms with van der Waals surface area (Å²) in [5.41, 5.74) is 0.212.